The second kappa shape index (κ2) is 10.6. The van der Waals surface area contributed by atoms with E-state index in [2.05, 4.69) is 10.6 Å². The Hall–Kier alpha value is -3.38. The normalized spacial score (nSPS) is 10.7. The fourth-order valence-corrected chi connectivity index (χ4v) is 3.42. The predicted octanol–water partition coefficient (Wildman–Crippen LogP) is 4.31. The maximum absolute atomic E-state index is 13.0. The maximum atomic E-state index is 13.0. The summed E-state index contributed by atoms with van der Waals surface area (Å²) in [5.74, 6) is -0.390. The third kappa shape index (κ3) is 5.61. The van der Waals surface area contributed by atoms with Crippen molar-refractivity contribution in [3.8, 4) is 0 Å². The lowest BCUT2D eigenvalue weighted by molar-refractivity contribution is 0.0943. The topological polar surface area (TPSA) is 70.7 Å². The number of hydrogen-bond donors (Lipinski definition) is 2. The molecule has 0 heterocycles. The fourth-order valence-electron chi connectivity index (χ4n) is 3.42. The summed E-state index contributed by atoms with van der Waals surface area (Å²) in [6.07, 6.45) is 0.744. The van der Waals surface area contributed by atoms with Gasteiger partial charge in [-0.1, -0.05) is 36.4 Å². The van der Waals surface area contributed by atoms with Gasteiger partial charge in [-0.05, 0) is 48.4 Å². The van der Waals surface area contributed by atoms with Gasteiger partial charge >= 0.3 is 0 Å². The van der Waals surface area contributed by atoms with E-state index >= 15 is 0 Å². The Morgan fingerprint density at radius 1 is 0.935 bits per heavy atom. The number of carbonyl (C=O) groups excluding carboxylic acids is 2. The van der Waals surface area contributed by atoms with Gasteiger partial charge in [0.2, 0.25) is 0 Å². The first-order chi connectivity index (χ1) is 15.0. The largest absolute Gasteiger partial charge is 0.382 e. The smallest absolute Gasteiger partial charge is 0.256 e. The summed E-state index contributed by atoms with van der Waals surface area (Å²) in [6, 6.07) is 18.8. The Morgan fingerprint density at radius 3 is 2.48 bits per heavy atom. The van der Waals surface area contributed by atoms with Crippen molar-refractivity contribution < 1.29 is 14.3 Å². The number of fused-ring (bicyclic) bond motifs is 1. The first kappa shape index (κ1) is 22.3. The van der Waals surface area contributed by atoms with Crippen LogP contribution in [0.15, 0.2) is 60.7 Å². The highest BCUT2D eigenvalue weighted by Gasteiger charge is 2.16. The number of benzene rings is 3. The first-order valence-corrected chi connectivity index (χ1v) is 10.5. The molecule has 162 valence electrons. The third-order valence-electron chi connectivity index (χ3n) is 4.97. The number of carbonyl (C=O) groups is 2. The molecule has 0 aliphatic heterocycles. The van der Waals surface area contributed by atoms with Crippen LogP contribution in [0.3, 0.4) is 0 Å². The zero-order valence-corrected chi connectivity index (χ0v) is 18.3. The molecule has 0 saturated heterocycles. The summed E-state index contributed by atoms with van der Waals surface area (Å²) >= 11 is 0. The van der Waals surface area contributed by atoms with Crippen molar-refractivity contribution in [2.24, 2.45) is 0 Å². The van der Waals surface area contributed by atoms with Crippen LogP contribution in [0.5, 0.6) is 0 Å². The molecule has 3 aromatic rings. The molecular formula is C25H29N3O3. The lowest BCUT2D eigenvalue weighted by Crippen LogP contribution is -2.27. The highest BCUT2D eigenvalue weighted by Crippen LogP contribution is 2.25. The fraction of sp³-hybridized carbons (Fsp3) is 0.280. The highest BCUT2D eigenvalue weighted by atomic mass is 16.5. The molecule has 0 spiro atoms. The van der Waals surface area contributed by atoms with Gasteiger partial charge in [0.05, 0.1) is 5.56 Å². The Labute approximate surface area is 183 Å². The van der Waals surface area contributed by atoms with E-state index in [1.54, 1.807) is 12.1 Å². The van der Waals surface area contributed by atoms with Crippen molar-refractivity contribution in [2.45, 2.75) is 13.3 Å². The minimum Gasteiger partial charge on any atom is -0.382 e. The molecule has 2 amide bonds. The summed E-state index contributed by atoms with van der Waals surface area (Å²) in [5, 5.41) is 7.76. The standard InChI is InChI=1S/C25H29N3O3/c1-4-31-16-8-15-26-24(29)22-17-19(13-14-23(22)28(2)3)27-25(30)21-12-7-10-18-9-5-6-11-20(18)21/h5-7,9-14,17H,4,8,15-16H2,1-3H3,(H,26,29)(H,27,30). The van der Waals surface area contributed by atoms with Crippen LogP contribution < -0.4 is 15.5 Å². The van der Waals surface area contributed by atoms with E-state index in [1.165, 1.54) is 0 Å². The molecule has 6 heteroatoms. The van der Waals surface area contributed by atoms with Crippen LogP contribution in [0.2, 0.25) is 0 Å². The minimum atomic E-state index is -0.211. The van der Waals surface area contributed by atoms with E-state index in [1.807, 2.05) is 74.4 Å². The van der Waals surface area contributed by atoms with Gasteiger partial charge in [0, 0.05) is 50.8 Å². The minimum absolute atomic E-state index is 0.179. The molecular weight excluding hydrogens is 390 g/mol. The van der Waals surface area contributed by atoms with E-state index in [0.717, 1.165) is 22.9 Å². The molecule has 0 fully saturated rings. The molecule has 0 bridgehead atoms. The zero-order valence-electron chi connectivity index (χ0n) is 18.3. The molecule has 0 saturated carbocycles. The summed E-state index contributed by atoms with van der Waals surface area (Å²) in [5.41, 5.74) is 2.46. The number of rotatable bonds is 9. The van der Waals surface area contributed by atoms with Gasteiger partial charge in [-0.15, -0.1) is 0 Å². The van der Waals surface area contributed by atoms with Crippen LogP contribution in [0.1, 0.15) is 34.1 Å². The zero-order chi connectivity index (χ0) is 22.2. The van der Waals surface area contributed by atoms with Gasteiger partial charge in [0.1, 0.15) is 0 Å². The van der Waals surface area contributed by atoms with Crippen molar-refractivity contribution in [1.82, 2.24) is 5.32 Å². The first-order valence-electron chi connectivity index (χ1n) is 10.5. The van der Waals surface area contributed by atoms with Gasteiger partial charge in [0.25, 0.3) is 11.8 Å². The Morgan fingerprint density at radius 2 is 1.71 bits per heavy atom. The van der Waals surface area contributed by atoms with E-state index < -0.39 is 0 Å². The monoisotopic (exact) mass is 419 g/mol. The second-order valence-corrected chi connectivity index (χ2v) is 7.41. The van der Waals surface area contributed by atoms with Crippen LogP contribution in [-0.4, -0.2) is 45.7 Å². The van der Waals surface area contributed by atoms with Crippen LogP contribution >= 0.6 is 0 Å². The molecule has 3 rings (SSSR count). The van der Waals surface area contributed by atoms with Gasteiger partial charge in [-0.2, -0.15) is 0 Å². The van der Waals surface area contributed by atoms with E-state index in [4.69, 9.17) is 4.74 Å². The summed E-state index contributed by atoms with van der Waals surface area (Å²) in [4.78, 5) is 27.6. The van der Waals surface area contributed by atoms with Crippen LogP contribution in [-0.2, 0) is 4.74 Å². The van der Waals surface area contributed by atoms with Crippen molar-refractivity contribution in [2.75, 3.05) is 44.1 Å². The van der Waals surface area contributed by atoms with Gasteiger partial charge in [0.15, 0.2) is 0 Å². The molecule has 3 aromatic carbocycles. The molecule has 0 radical (unpaired) electrons. The van der Waals surface area contributed by atoms with Gasteiger partial charge < -0.3 is 20.3 Å². The average Bonchev–Trinajstić information content (AvgIpc) is 2.78. The average molecular weight is 420 g/mol. The van der Waals surface area contributed by atoms with Crippen LogP contribution in [0.4, 0.5) is 11.4 Å². The predicted molar refractivity (Wildman–Crippen MR) is 126 cm³/mol. The molecule has 0 aliphatic carbocycles. The van der Waals surface area contributed by atoms with Crippen molar-refractivity contribution >= 4 is 34.0 Å². The van der Waals surface area contributed by atoms with Crippen LogP contribution in [0.25, 0.3) is 10.8 Å². The molecule has 0 aliphatic rings. The number of amides is 2. The molecule has 0 aromatic heterocycles. The molecule has 0 atom stereocenters. The highest BCUT2D eigenvalue weighted by molar-refractivity contribution is 6.13. The third-order valence-corrected chi connectivity index (χ3v) is 4.97. The molecule has 6 nitrogen and oxygen atoms in total. The molecule has 31 heavy (non-hydrogen) atoms. The molecule has 0 unspecified atom stereocenters. The quantitative estimate of drug-likeness (QED) is 0.507. The number of nitrogens with one attached hydrogen (secondary N) is 2. The maximum Gasteiger partial charge on any atom is 0.256 e. The van der Waals surface area contributed by atoms with Crippen LogP contribution in [0, 0.1) is 0 Å². The number of anilines is 2. The van der Waals surface area contributed by atoms with Gasteiger partial charge in [-0.25, -0.2) is 0 Å². The molecule has 2 N–H and O–H groups in total. The lowest BCUT2D eigenvalue weighted by atomic mass is 10.0. The summed E-state index contributed by atoms with van der Waals surface area (Å²) in [6.45, 7) is 3.74. The number of hydrogen-bond acceptors (Lipinski definition) is 4. The summed E-state index contributed by atoms with van der Waals surface area (Å²) < 4.78 is 5.31. The SMILES string of the molecule is CCOCCCNC(=O)c1cc(NC(=O)c2cccc3ccccc23)ccc1N(C)C. The van der Waals surface area contributed by atoms with Crippen molar-refractivity contribution in [3.05, 3.63) is 71.8 Å². The number of ether oxygens (including phenoxy) is 1. The van der Waals surface area contributed by atoms with Crippen molar-refractivity contribution in [3.63, 3.8) is 0 Å². The number of nitrogens with zero attached hydrogens (tertiary/aromatic N) is 1. The van der Waals surface area contributed by atoms with Gasteiger partial charge in [-0.3, -0.25) is 9.59 Å². The Balaban J connectivity index is 1.79. The Bertz CT molecular complexity index is 1060. The Kier molecular flexibility index (Phi) is 7.62. The van der Waals surface area contributed by atoms with E-state index in [-0.39, 0.29) is 11.8 Å². The lowest BCUT2D eigenvalue weighted by Gasteiger charge is -2.19. The van der Waals surface area contributed by atoms with Crippen molar-refractivity contribution in [1.29, 1.82) is 0 Å². The second-order valence-electron chi connectivity index (χ2n) is 7.41. The van der Waals surface area contributed by atoms with E-state index in [0.29, 0.717) is 36.6 Å². The van der Waals surface area contributed by atoms with E-state index in [9.17, 15) is 9.59 Å². The summed E-state index contributed by atoms with van der Waals surface area (Å²) in [7, 11) is 3.77.